The minimum absolute atomic E-state index is 0.716. The van der Waals surface area contributed by atoms with Gasteiger partial charge in [-0.3, -0.25) is 15.0 Å². The first kappa shape index (κ1) is 43.4. The molecule has 0 amide bonds. The van der Waals surface area contributed by atoms with Crippen molar-refractivity contribution in [3.8, 4) is 0 Å². The highest BCUT2D eigenvalue weighted by Gasteiger charge is 2.11. The van der Waals surface area contributed by atoms with Gasteiger partial charge in [0.05, 0.1) is 18.1 Å². The average Bonchev–Trinajstić information content (AvgIpc) is 4.22. The first-order valence-electron chi connectivity index (χ1n) is 22.9. The van der Waals surface area contributed by atoms with Gasteiger partial charge in [-0.25, -0.2) is 9.97 Å². The van der Waals surface area contributed by atoms with Gasteiger partial charge in [0.25, 0.3) is 0 Å². The summed E-state index contributed by atoms with van der Waals surface area (Å²) < 4.78 is 28.3. The van der Waals surface area contributed by atoms with Crippen molar-refractivity contribution in [3.05, 3.63) is 211 Å². The smallest absolute Gasteiger partial charge is 0.227 e. The van der Waals surface area contributed by atoms with Gasteiger partial charge in [-0.2, -0.15) is 0 Å². The van der Waals surface area contributed by atoms with E-state index in [1.807, 2.05) is 136 Å². The lowest BCUT2D eigenvalue weighted by Gasteiger charge is -1.92. The number of furan rings is 5. The van der Waals surface area contributed by atoms with E-state index in [1.165, 1.54) is 16.3 Å². The topological polar surface area (TPSA) is 130 Å². The van der Waals surface area contributed by atoms with Crippen molar-refractivity contribution in [1.29, 1.82) is 0 Å². The predicted molar refractivity (Wildman–Crippen MR) is 281 cm³/mol. The van der Waals surface area contributed by atoms with Gasteiger partial charge < -0.3 is 22.1 Å². The number of rotatable bonds is 0. The lowest BCUT2D eigenvalue weighted by Crippen LogP contribution is -1.77. The van der Waals surface area contributed by atoms with E-state index < -0.39 is 0 Å². The molecule has 5 aromatic carbocycles. The van der Waals surface area contributed by atoms with Crippen LogP contribution in [0, 0.1) is 34.6 Å². The zero-order chi connectivity index (χ0) is 47.7. The minimum atomic E-state index is 0.716. The molecule has 0 atom stereocenters. The molecule has 0 radical (unpaired) electrons. The molecule has 70 heavy (non-hydrogen) atoms. The third-order valence-electron chi connectivity index (χ3n) is 12.2. The van der Waals surface area contributed by atoms with E-state index in [2.05, 4.69) is 81.2 Å². The summed E-state index contributed by atoms with van der Waals surface area (Å²) in [5.74, 6) is 0. The summed E-state index contributed by atoms with van der Waals surface area (Å²) in [7, 11) is 0. The van der Waals surface area contributed by atoms with Crippen molar-refractivity contribution in [2.45, 2.75) is 34.6 Å². The SMILES string of the molecule is Cc1cc2c(cn1)oc1ccccc12.Cc1ccc2c(c1)oc1ncccc12.Cc1cccc2c1oc1ncccc12.Cc1cncc2oc3ccccc3c12.Cc1nccc2c1oc1ccccc12. The van der Waals surface area contributed by atoms with Gasteiger partial charge in [0.1, 0.15) is 27.9 Å². The van der Waals surface area contributed by atoms with Crippen LogP contribution in [0.1, 0.15) is 28.1 Å². The fraction of sp³-hybridized carbons (Fsp3) is 0.0833. The normalized spacial score (nSPS) is 11.2. The van der Waals surface area contributed by atoms with Crippen LogP contribution < -0.4 is 0 Å². The predicted octanol–water partition coefficient (Wildman–Crippen LogP) is 16.4. The maximum absolute atomic E-state index is 5.72. The molecule has 15 rings (SSSR count). The molecule has 10 aromatic heterocycles. The molecule has 0 bridgehead atoms. The van der Waals surface area contributed by atoms with Crippen LogP contribution in [0.3, 0.4) is 0 Å². The molecule has 0 aliphatic heterocycles. The molecule has 10 heteroatoms. The van der Waals surface area contributed by atoms with E-state index in [9.17, 15) is 0 Å². The Morgan fingerprint density at radius 2 is 0.929 bits per heavy atom. The zero-order valence-corrected chi connectivity index (χ0v) is 39.1. The maximum Gasteiger partial charge on any atom is 0.227 e. The quantitative estimate of drug-likeness (QED) is 0.145. The number of aryl methyl sites for hydroxylation is 5. The molecule has 0 aliphatic rings. The lowest BCUT2D eigenvalue weighted by molar-refractivity contribution is 0.651. The molecule has 0 N–H and O–H groups in total. The van der Waals surface area contributed by atoms with Crippen LogP contribution in [0.4, 0.5) is 0 Å². The van der Waals surface area contributed by atoms with E-state index in [-0.39, 0.29) is 0 Å². The summed E-state index contributed by atoms with van der Waals surface area (Å²) in [6.45, 7) is 10.1. The van der Waals surface area contributed by atoms with Crippen molar-refractivity contribution < 1.29 is 22.1 Å². The van der Waals surface area contributed by atoms with Crippen molar-refractivity contribution >= 4 is 110 Å². The van der Waals surface area contributed by atoms with Gasteiger partial charge in [-0.15, -0.1) is 0 Å². The highest BCUT2D eigenvalue weighted by molar-refractivity contribution is 6.08. The number of aromatic nitrogens is 5. The van der Waals surface area contributed by atoms with Crippen molar-refractivity contribution in [1.82, 2.24) is 24.9 Å². The number of fused-ring (bicyclic) bond motifs is 15. The fourth-order valence-corrected chi connectivity index (χ4v) is 8.85. The number of para-hydroxylation sites is 4. The van der Waals surface area contributed by atoms with Gasteiger partial charge >= 0.3 is 0 Å². The third kappa shape index (κ3) is 8.32. The van der Waals surface area contributed by atoms with Crippen molar-refractivity contribution in [2.24, 2.45) is 0 Å². The summed E-state index contributed by atoms with van der Waals surface area (Å²) in [5, 5.41) is 11.4. The first-order chi connectivity index (χ1) is 34.3. The molecular formula is C60H45N5O5. The monoisotopic (exact) mass is 915 g/mol. The Labute approximate surface area is 400 Å². The van der Waals surface area contributed by atoms with E-state index >= 15 is 0 Å². The lowest BCUT2D eigenvalue weighted by atomic mass is 10.1. The summed E-state index contributed by atoms with van der Waals surface area (Å²) in [6.07, 6.45) is 10.7. The Morgan fingerprint density at radius 3 is 1.70 bits per heavy atom. The van der Waals surface area contributed by atoms with Crippen LogP contribution in [0.2, 0.25) is 0 Å². The Morgan fingerprint density at radius 1 is 0.329 bits per heavy atom. The number of hydrogen-bond acceptors (Lipinski definition) is 10. The van der Waals surface area contributed by atoms with E-state index in [1.54, 1.807) is 24.8 Å². The molecule has 0 aliphatic carbocycles. The largest absolute Gasteiger partial charge is 0.454 e. The van der Waals surface area contributed by atoms with Crippen LogP contribution in [0.15, 0.2) is 205 Å². The van der Waals surface area contributed by atoms with Crippen molar-refractivity contribution in [3.63, 3.8) is 0 Å². The Kier molecular flexibility index (Phi) is 11.5. The van der Waals surface area contributed by atoms with E-state index in [0.29, 0.717) is 5.71 Å². The third-order valence-corrected chi connectivity index (χ3v) is 12.2. The molecule has 0 saturated heterocycles. The number of benzene rings is 5. The number of pyridine rings is 5. The zero-order valence-electron chi connectivity index (χ0n) is 39.1. The molecular weight excluding hydrogens is 871 g/mol. The van der Waals surface area contributed by atoms with Gasteiger partial charge in [0.15, 0.2) is 16.7 Å². The molecule has 340 valence electrons. The van der Waals surface area contributed by atoms with Crippen LogP contribution in [-0.4, -0.2) is 24.9 Å². The van der Waals surface area contributed by atoms with Crippen LogP contribution >= 0.6 is 0 Å². The molecule has 10 heterocycles. The van der Waals surface area contributed by atoms with Crippen LogP contribution in [-0.2, 0) is 0 Å². The van der Waals surface area contributed by atoms with Crippen molar-refractivity contribution in [2.75, 3.05) is 0 Å². The second-order valence-electron chi connectivity index (χ2n) is 17.1. The summed E-state index contributed by atoms with van der Waals surface area (Å²) in [4.78, 5) is 20.9. The summed E-state index contributed by atoms with van der Waals surface area (Å²) in [5.41, 5.74) is 14.2. The second-order valence-corrected chi connectivity index (χ2v) is 17.1. The maximum atomic E-state index is 5.72. The van der Waals surface area contributed by atoms with Gasteiger partial charge in [0, 0.05) is 84.3 Å². The Hall–Kier alpha value is -9.15. The van der Waals surface area contributed by atoms with Gasteiger partial charge in [-0.05, 0) is 112 Å². The van der Waals surface area contributed by atoms with Crippen LogP contribution in [0.5, 0.6) is 0 Å². The molecule has 0 saturated carbocycles. The van der Waals surface area contributed by atoms with Crippen LogP contribution in [0.25, 0.3) is 110 Å². The van der Waals surface area contributed by atoms with E-state index in [4.69, 9.17) is 22.1 Å². The first-order valence-corrected chi connectivity index (χ1v) is 22.9. The van der Waals surface area contributed by atoms with Gasteiger partial charge in [0.2, 0.25) is 11.4 Å². The Balaban J connectivity index is 0.0000000952. The Bertz CT molecular complexity index is 4200. The van der Waals surface area contributed by atoms with Gasteiger partial charge in [-0.1, -0.05) is 84.9 Å². The molecule has 10 nitrogen and oxygen atoms in total. The highest BCUT2D eigenvalue weighted by atomic mass is 16.3. The number of nitrogens with zero attached hydrogens (tertiary/aromatic N) is 5. The standard InChI is InChI=1S/5C12H9NO/c1-8-4-2-5-9-10-6-3-7-13-12(10)14-11(8)9;1-8-4-5-9-10-3-2-6-13-12(10)14-11(9)7-8;1-8-6-10-9-4-2-3-5-11(9)14-12(10)7-13-8;1-8-6-13-7-11-12(8)9-4-2-3-5-10(9)14-11;1-8-12-10(6-7-13-8)9-4-2-3-5-11(9)14-12/h5*2-7H,1H3. The summed E-state index contributed by atoms with van der Waals surface area (Å²) in [6, 6.07) is 48.5. The molecule has 15 aromatic rings. The number of hydrogen-bond donors (Lipinski definition) is 0. The fourth-order valence-electron chi connectivity index (χ4n) is 8.85. The molecule has 0 fully saturated rings. The summed E-state index contributed by atoms with van der Waals surface area (Å²) >= 11 is 0. The second kappa shape index (κ2) is 18.5. The highest BCUT2D eigenvalue weighted by Crippen LogP contribution is 2.33. The molecule has 0 unspecified atom stereocenters. The van der Waals surface area contributed by atoms with E-state index in [0.717, 1.165) is 116 Å². The average molecular weight is 916 g/mol. The minimum Gasteiger partial charge on any atom is -0.454 e. The molecule has 0 spiro atoms.